The van der Waals surface area contributed by atoms with Gasteiger partial charge in [-0.05, 0) is 51.2 Å². The average molecular weight is 669 g/mol. The van der Waals surface area contributed by atoms with E-state index in [9.17, 15) is 4.79 Å². The largest absolute Gasteiger partial charge is 0.459 e. The lowest BCUT2D eigenvalue weighted by Gasteiger charge is -2.38. The summed E-state index contributed by atoms with van der Waals surface area (Å²) in [6, 6.07) is 8.41. The lowest BCUT2D eigenvalue weighted by molar-refractivity contribution is -0.132. The first kappa shape index (κ1) is 33.0. The Hall–Kier alpha value is -4.51. The van der Waals surface area contributed by atoms with Gasteiger partial charge < -0.3 is 23.7 Å². The van der Waals surface area contributed by atoms with E-state index >= 15 is 4.39 Å². The van der Waals surface area contributed by atoms with Gasteiger partial charge in [-0.1, -0.05) is 43.4 Å². The Morgan fingerprint density at radius 2 is 1.94 bits per heavy atom. The number of carbonyl (C=O) groups excluding carboxylic acids is 1. The van der Waals surface area contributed by atoms with Gasteiger partial charge in [0.05, 0.1) is 30.5 Å². The summed E-state index contributed by atoms with van der Waals surface area (Å²) in [6.07, 6.45) is 11.3. The molecule has 1 unspecified atom stereocenters. The maximum absolute atomic E-state index is 16.2. The van der Waals surface area contributed by atoms with E-state index in [1.807, 2.05) is 29.2 Å². The molecule has 2 saturated heterocycles. The van der Waals surface area contributed by atoms with Crippen molar-refractivity contribution in [2.75, 3.05) is 37.7 Å². The summed E-state index contributed by atoms with van der Waals surface area (Å²) in [5, 5.41) is 2.85. The first-order valence-electron chi connectivity index (χ1n) is 17.4. The summed E-state index contributed by atoms with van der Waals surface area (Å²) in [4.78, 5) is 31.3. The first-order valence-corrected chi connectivity index (χ1v) is 17.4. The van der Waals surface area contributed by atoms with Crippen LogP contribution in [0.15, 0.2) is 54.0 Å². The van der Waals surface area contributed by atoms with Gasteiger partial charge in [-0.15, -0.1) is 13.2 Å². The molecule has 1 aliphatic carbocycles. The number of halogens is 1. The van der Waals surface area contributed by atoms with E-state index < -0.39 is 5.67 Å². The number of para-hydroxylation sites is 1. The maximum Gasteiger partial charge on any atom is 0.297 e. The van der Waals surface area contributed by atoms with Crippen molar-refractivity contribution in [1.29, 1.82) is 0 Å². The number of hydrogen-bond donors (Lipinski definition) is 0. The molecule has 3 aromatic heterocycles. The summed E-state index contributed by atoms with van der Waals surface area (Å²) < 4.78 is 37.1. The Labute approximate surface area is 285 Å². The normalized spacial score (nSPS) is 23.5. The fourth-order valence-corrected chi connectivity index (χ4v) is 7.55. The third-order valence-corrected chi connectivity index (χ3v) is 10.0. The van der Waals surface area contributed by atoms with Crippen LogP contribution in [0.5, 0.6) is 6.01 Å². The van der Waals surface area contributed by atoms with Crippen LogP contribution in [0, 0.1) is 5.92 Å². The van der Waals surface area contributed by atoms with Crippen molar-refractivity contribution in [3.63, 3.8) is 0 Å². The van der Waals surface area contributed by atoms with Crippen LogP contribution in [0.1, 0.15) is 64.7 Å². The molecule has 3 aliphatic rings. The number of fused-ring (bicyclic) bond motifs is 4. The summed E-state index contributed by atoms with van der Waals surface area (Å²) >= 11 is 0. The molecular weight excluding hydrogens is 623 g/mol. The highest BCUT2D eigenvalue weighted by Gasteiger charge is 2.39. The Bertz CT molecular complexity index is 2020. The van der Waals surface area contributed by atoms with Crippen molar-refractivity contribution in [2.45, 2.75) is 76.7 Å². The Morgan fingerprint density at radius 3 is 2.73 bits per heavy atom. The minimum Gasteiger partial charge on any atom is -0.459 e. The van der Waals surface area contributed by atoms with Crippen LogP contribution in [-0.2, 0) is 15.2 Å². The van der Waals surface area contributed by atoms with Gasteiger partial charge in [0.15, 0.2) is 22.9 Å². The van der Waals surface area contributed by atoms with Crippen LogP contribution < -0.4 is 20.3 Å². The van der Waals surface area contributed by atoms with E-state index in [1.54, 1.807) is 12.2 Å². The van der Waals surface area contributed by atoms with Crippen LogP contribution in [0.3, 0.4) is 0 Å². The van der Waals surface area contributed by atoms with Crippen molar-refractivity contribution in [1.82, 2.24) is 24.4 Å². The zero-order valence-electron chi connectivity index (χ0n) is 28.6. The number of hydrogen-bond acceptors (Lipinski definition) is 8. The highest BCUT2D eigenvalue weighted by atomic mass is 19.1. The van der Waals surface area contributed by atoms with Gasteiger partial charge in [0.25, 0.3) is 6.01 Å². The highest BCUT2D eigenvalue weighted by Crippen LogP contribution is 2.39. The molecule has 258 valence electrons. The predicted octanol–water partition coefficient (Wildman–Crippen LogP) is 5.35. The second kappa shape index (κ2) is 13.4. The van der Waals surface area contributed by atoms with Gasteiger partial charge in [-0.25, -0.2) is 14.4 Å². The van der Waals surface area contributed by atoms with Crippen LogP contribution in [0.2, 0.25) is 0 Å². The van der Waals surface area contributed by atoms with E-state index in [-0.39, 0.29) is 49.1 Å². The number of rotatable bonds is 11. The molecule has 0 bridgehead atoms. The molecule has 0 saturated carbocycles. The number of carbonyl (C=O) groups is 1. The third kappa shape index (κ3) is 6.24. The van der Waals surface area contributed by atoms with Crippen molar-refractivity contribution in [2.24, 2.45) is 5.92 Å². The van der Waals surface area contributed by atoms with Crippen molar-refractivity contribution < 1.29 is 23.1 Å². The van der Waals surface area contributed by atoms with Crippen molar-refractivity contribution in [3.8, 4) is 6.01 Å². The Kier molecular flexibility index (Phi) is 9.04. The molecule has 49 heavy (non-hydrogen) atoms. The number of nitrogens with zero attached hydrogens (tertiary/aromatic N) is 6. The Morgan fingerprint density at radius 1 is 1.12 bits per heavy atom. The zero-order chi connectivity index (χ0) is 34.3. The second-order valence-electron chi connectivity index (χ2n) is 13.8. The number of imidazole rings is 1. The molecular formula is C38H45FN6O4. The van der Waals surface area contributed by atoms with Gasteiger partial charge >= 0.3 is 0 Å². The van der Waals surface area contributed by atoms with Gasteiger partial charge in [0, 0.05) is 43.4 Å². The molecule has 2 aliphatic heterocycles. The van der Waals surface area contributed by atoms with E-state index in [2.05, 4.69) is 48.6 Å². The molecule has 10 nitrogen and oxygen atoms in total. The van der Waals surface area contributed by atoms with Gasteiger partial charge in [-0.3, -0.25) is 9.36 Å². The number of amides is 1. The summed E-state index contributed by atoms with van der Waals surface area (Å²) in [5.74, 6) is 0.914. The molecule has 0 radical (unpaired) electrons. The summed E-state index contributed by atoms with van der Waals surface area (Å²) in [7, 11) is 0. The number of benzene rings is 1. The number of furan rings is 1. The zero-order valence-corrected chi connectivity index (χ0v) is 28.6. The number of aromatic nitrogens is 4. The fourth-order valence-electron chi connectivity index (χ4n) is 7.55. The van der Waals surface area contributed by atoms with E-state index in [4.69, 9.17) is 28.8 Å². The maximum atomic E-state index is 16.2. The first-order chi connectivity index (χ1) is 23.7. The van der Waals surface area contributed by atoms with Crippen LogP contribution >= 0.6 is 0 Å². The molecule has 4 aromatic rings. The third-order valence-electron chi connectivity index (χ3n) is 10.0. The SMILES string of the molecule is C=CCOCC(C)(F)c1nc(N2C[C@@H](Oc3nc4c(n3[C@H]3CCN(C(=O)CC=C)C[C@@H]3C)=CCCC=4)C[C@H]2C)c2oc3ccccc3c2n1. The molecule has 0 spiro atoms. The molecule has 5 atom stereocenters. The number of anilines is 1. The molecule has 7 rings (SSSR count). The number of likely N-dealkylation sites (tertiary alicyclic amines) is 1. The van der Waals surface area contributed by atoms with Crippen LogP contribution in [0.4, 0.5) is 10.2 Å². The van der Waals surface area contributed by atoms with Crippen LogP contribution in [0.25, 0.3) is 34.2 Å². The van der Waals surface area contributed by atoms with E-state index in [0.717, 1.165) is 35.3 Å². The summed E-state index contributed by atoms with van der Waals surface area (Å²) in [6.45, 7) is 15.1. The smallest absolute Gasteiger partial charge is 0.297 e. The molecule has 5 heterocycles. The van der Waals surface area contributed by atoms with Gasteiger partial charge in [0.2, 0.25) is 5.91 Å². The topological polar surface area (TPSA) is 98.8 Å². The number of ether oxygens (including phenoxy) is 2. The van der Waals surface area contributed by atoms with Crippen molar-refractivity contribution >= 4 is 45.9 Å². The monoisotopic (exact) mass is 668 g/mol. The van der Waals surface area contributed by atoms with Gasteiger partial charge in [0.1, 0.15) is 17.2 Å². The molecule has 11 heteroatoms. The lowest BCUT2D eigenvalue weighted by Crippen LogP contribution is -2.46. The fraction of sp³-hybridized carbons (Fsp3) is 0.474. The predicted molar refractivity (Wildman–Crippen MR) is 188 cm³/mol. The molecule has 1 amide bonds. The summed E-state index contributed by atoms with van der Waals surface area (Å²) in [5.41, 5.74) is -0.184. The average Bonchev–Trinajstić information content (AvgIpc) is 3.77. The molecule has 2 fully saturated rings. The lowest BCUT2D eigenvalue weighted by atomic mass is 9.93. The Balaban J connectivity index is 1.20. The molecule has 1 aromatic carbocycles. The number of alkyl halides is 1. The molecule has 0 N–H and O–H groups in total. The number of piperidine rings is 1. The van der Waals surface area contributed by atoms with Crippen LogP contribution in [-0.4, -0.2) is 75.3 Å². The van der Waals surface area contributed by atoms with E-state index in [1.165, 1.54) is 6.92 Å². The van der Waals surface area contributed by atoms with Crippen molar-refractivity contribution in [3.05, 3.63) is 66.1 Å². The highest BCUT2D eigenvalue weighted by molar-refractivity contribution is 6.05. The van der Waals surface area contributed by atoms with Gasteiger partial charge in [-0.2, -0.15) is 4.98 Å². The second-order valence-corrected chi connectivity index (χ2v) is 13.8. The standard InChI is InChI=1S/C38H45FN6O4/c1-6-12-32(46)43-18-17-29(24(3)21-43)45-30-15-10-9-14-28(30)40-37(45)48-26-20-25(4)44(22-26)35-34-33(27-13-8-11-16-31(27)49-34)41-36(42-35)38(5,39)23-47-19-7-2/h6-8,11,13-16,24-26,29H,1-2,9-10,12,17-23H2,3-5H3/t24-,25+,26-,29-,38?/m0/s1. The van der Waals surface area contributed by atoms with E-state index in [0.29, 0.717) is 61.0 Å². The minimum absolute atomic E-state index is 0.0150. The minimum atomic E-state index is -1.94. The quantitative estimate of drug-likeness (QED) is 0.156.